The molecule has 0 aliphatic rings. The Hall–Kier alpha value is -2.82. The summed E-state index contributed by atoms with van der Waals surface area (Å²) in [4.78, 5) is 19.8. The summed E-state index contributed by atoms with van der Waals surface area (Å²) in [6.07, 6.45) is 1.58. The van der Waals surface area contributed by atoms with Crippen molar-refractivity contribution in [3.05, 3.63) is 60.0 Å². The molecule has 1 amide bonds. The number of rotatable bonds is 2. The number of carbonyl (C=O) groups is 1. The highest BCUT2D eigenvalue weighted by molar-refractivity contribution is 5.96. The number of primary amides is 1. The molecule has 1 aromatic heterocycles. The number of amides is 1. The maximum Gasteiger partial charge on any atom is 0.248 e. The Morgan fingerprint density at radius 1 is 1.05 bits per heavy atom. The van der Waals surface area contributed by atoms with Gasteiger partial charge in [0.05, 0.1) is 22.9 Å². The van der Waals surface area contributed by atoms with Gasteiger partial charge in [0.25, 0.3) is 0 Å². The van der Waals surface area contributed by atoms with E-state index in [1.807, 2.05) is 0 Å². The molecule has 98 valence electrons. The van der Waals surface area contributed by atoms with Crippen molar-refractivity contribution in [2.75, 3.05) is 0 Å². The highest BCUT2D eigenvalue weighted by Gasteiger charge is 2.06. The third kappa shape index (κ3) is 2.21. The highest BCUT2D eigenvalue weighted by atomic mass is 19.1. The summed E-state index contributed by atoms with van der Waals surface area (Å²) < 4.78 is 12.9. The van der Waals surface area contributed by atoms with Crippen molar-refractivity contribution >= 4 is 16.9 Å². The molecule has 1 heterocycles. The van der Waals surface area contributed by atoms with Crippen LogP contribution in [0.5, 0.6) is 0 Å². The maximum absolute atomic E-state index is 12.9. The number of hydrogen-bond acceptors (Lipinski definition) is 3. The standard InChI is InChI=1S/C15H10FN3O/c16-11-4-1-9(2-5-11)14-8-18-13-7-10(15(17)20)3-6-12(13)19-14/h1-8H,(H2,17,20). The lowest BCUT2D eigenvalue weighted by molar-refractivity contribution is 0.100. The second kappa shape index (κ2) is 4.70. The maximum atomic E-state index is 12.9. The van der Waals surface area contributed by atoms with Crippen LogP contribution in [0.3, 0.4) is 0 Å². The molecule has 0 aliphatic carbocycles. The fraction of sp³-hybridized carbons (Fsp3) is 0. The van der Waals surface area contributed by atoms with E-state index >= 15 is 0 Å². The first-order valence-corrected chi connectivity index (χ1v) is 5.96. The van der Waals surface area contributed by atoms with Crippen LogP contribution in [0, 0.1) is 5.82 Å². The average Bonchev–Trinajstić information content (AvgIpc) is 2.47. The molecule has 4 nitrogen and oxygen atoms in total. The van der Waals surface area contributed by atoms with E-state index < -0.39 is 5.91 Å². The van der Waals surface area contributed by atoms with E-state index in [2.05, 4.69) is 9.97 Å². The second-order valence-corrected chi connectivity index (χ2v) is 4.33. The molecule has 3 rings (SSSR count). The third-order valence-corrected chi connectivity index (χ3v) is 2.97. The normalized spacial score (nSPS) is 10.7. The molecule has 3 aromatic rings. The lowest BCUT2D eigenvalue weighted by Gasteiger charge is -2.03. The fourth-order valence-electron chi connectivity index (χ4n) is 1.92. The topological polar surface area (TPSA) is 68.9 Å². The summed E-state index contributed by atoms with van der Waals surface area (Å²) in [6.45, 7) is 0. The van der Waals surface area contributed by atoms with Crippen molar-refractivity contribution in [3.63, 3.8) is 0 Å². The van der Waals surface area contributed by atoms with Crippen LogP contribution in [0.4, 0.5) is 4.39 Å². The van der Waals surface area contributed by atoms with E-state index in [1.54, 1.807) is 36.5 Å². The van der Waals surface area contributed by atoms with E-state index in [0.717, 1.165) is 5.56 Å². The predicted octanol–water partition coefficient (Wildman–Crippen LogP) is 2.53. The molecule has 0 radical (unpaired) electrons. The quantitative estimate of drug-likeness (QED) is 0.775. The van der Waals surface area contributed by atoms with Crippen molar-refractivity contribution in [2.45, 2.75) is 0 Å². The van der Waals surface area contributed by atoms with Crippen LogP contribution in [0.25, 0.3) is 22.3 Å². The Morgan fingerprint density at radius 3 is 2.50 bits per heavy atom. The van der Waals surface area contributed by atoms with Gasteiger partial charge in [-0.3, -0.25) is 9.78 Å². The first-order valence-electron chi connectivity index (χ1n) is 5.96. The van der Waals surface area contributed by atoms with Gasteiger partial charge in [-0.05, 0) is 42.5 Å². The minimum Gasteiger partial charge on any atom is -0.366 e. The summed E-state index contributed by atoms with van der Waals surface area (Å²) in [5.41, 5.74) is 8.27. The van der Waals surface area contributed by atoms with Crippen LogP contribution in [0.15, 0.2) is 48.7 Å². The van der Waals surface area contributed by atoms with Crippen LogP contribution in [-0.4, -0.2) is 15.9 Å². The summed E-state index contributed by atoms with van der Waals surface area (Å²) in [6, 6.07) is 10.9. The Morgan fingerprint density at radius 2 is 1.80 bits per heavy atom. The minimum absolute atomic E-state index is 0.298. The van der Waals surface area contributed by atoms with Gasteiger partial charge in [0.15, 0.2) is 0 Å². The van der Waals surface area contributed by atoms with Crippen LogP contribution >= 0.6 is 0 Å². The number of carbonyl (C=O) groups excluding carboxylic acids is 1. The number of hydrogen-bond donors (Lipinski definition) is 1. The van der Waals surface area contributed by atoms with Crippen LogP contribution in [-0.2, 0) is 0 Å². The Kier molecular flexibility index (Phi) is 2.87. The fourth-order valence-corrected chi connectivity index (χ4v) is 1.92. The molecule has 0 aliphatic heterocycles. The molecule has 2 aromatic carbocycles. The van der Waals surface area contributed by atoms with Crippen molar-refractivity contribution in [1.29, 1.82) is 0 Å². The van der Waals surface area contributed by atoms with E-state index in [1.165, 1.54) is 12.1 Å². The molecular weight excluding hydrogens is 257 g/mol. The minimum atomic E-state index is -0.503. The molecule has 0 fully saturated rings. The van der Waals surface area contributed by atoms with Crippen molar-refractivity contribution < 1.29 is 9.18 Å². The molecule has 0 saturated heterocycles. The van der Waals surface area contributed by atoms with Crippen LogP contribution < -0.4 is 5.73 Å². The number of nitrogens with two attached hydrogens (primary N) is 1. The van der Waals surface area contributed by atoms with Gasteiger partial charge < -0.3 is 5.73 Å². The molecule has 20 heavy (non-hydrogen) atoms. The smallest absolute Gasteiger partial charge is 0.248 e. The van der Waals surface area contributed by atoms with Gasteiger partial charge in [-0.15, -0.1) is 0 Å². The lowest BCUT2D eigenvalue weighted by atomic mass is 10.1. The molecule has 0 bridgehead atoms. The Bertz CT molecular complexity index is 800. The van der Waals surface area contributed by atoms with Crippen molar-refractivity contribution in [3.8, 4) is 11.3 Å². The SMILES string of the molecule is NC(=O)c1ccc2nc(-c3ccc(F)cc3)cnc2c1. The molecule has 0 atom stereocenters. The zero-order chi connectivity index (χ0) is 14.1. The summed E-state index contributed by atoms with van der Waals surface area (Å²) in [5.74, 6) is -0.801. The number of halogens is 1. The van der Waals surface area contributed by atoms with Gasteiger partial charge in [0.2, 0.25) is 5.91 Å². The Labute approximate surface area is 114 Å². The number of aromatic nitrogens is 2. The summed E-state index contributed by atoms with van der Waals surface area (Å²) in [7, 11) is 0. The van der Waals surface area contributed by atoms with Gasteiger partial charge in [-0.25, -0.2) is 9.37 Å². The van der Waals surface area contributed by atoms with E-state index in [0.29, 0.717) is 22.3 Å². The van der Waals surface area contributed by atoms with Crippen molar-refractivity contribution in [2.24, 2.45) is 5.73 Å². The zero-order valence-electron chi connectivity index (χ0n) is 10.4. The van der Waals surface area contributed by atoms with E-state index in [-0.39, 0.29) is 5.82 Å². The van der Waals surface area contributed by atoms with E-state index in [4.69, 9.17) is 5.73 Å². The first-order chi connectivity index (χ1) is 9.63. The molecule has 2 N–H and O–H groups in total. The van der Waals surface area contributed by atoms with Crippen LogP contribution in [0.1, 0.15) is 10.4 Å². The van der Waals surface area contributed by atoms with Gasteiger partial charge in [0.1, 0.15) is 5.82 Å². The number of nitrogens with zero attached hydrogens (tertiary/aromatic N) is 2. The monoisotopic (exact) mass is 267 g/mol. The largest absolute Gasteiger partial charge is 0.366 e. The van der Waals surface area contributed by atoms with E-state index in [9.17, 15) is 9.18 Å². The van der Waals surface area contributed by atoms with Crippen LogP contribution in [0.2, 0.25) is 0 Å². The zero-order valence-corrected chi connectivity index (χ0v) is 10.4. The first kappa shape index (κ1) is 12.2. The highest BCUT2D eigenvalue weighted by Crippen LogP contribution is 2.20. The second-order valence-electron chi connectivity index (χ2n) is 4.33. The summed E-state index contributed by atoms with van der Waals surface area (Å²) in [5, 5.41) is 0. The van der Waals surface area contributed by atoms with Gasteiger partial charge in [-0.2, -0.15) is 0 Å². The Balaban J connectivity index is 2.09. The number of fused-ring (bicyclic) bond motifs is 1. The molecule has 5 heteroatoms. The summed E-state index contributed by atoms with van der Waals surface area (Å²) >= 11 is 0. The molecular formula is C15H10FN3O. The molecule has 0 saturated carbocycles. The van der Waals surface area contributed by atoms with Gasteiger partial charge >= 0.3 is 0 Å². The number of benzene rings is 2. The molecule has 0 spiro atoms. The molecule has 0 unspecified atom stereocenters. The lowest BCUT2D eigenvalue weighted by Crippen LogP contribution is -2.10. The van der Waals surface area contributed by atoms with Gasteiger partial charge in [0, 0.05) is 11.1 Å². The predicted molar refractivity (Wildman–Crippen MR) is 73.4 cm³/mol. The van der Waals surface area contributed by atoms with Gasteiger partial charge in [-0.1, -0.05) is 0 Å². The average molecular weight is 267 g/mol. The third-order valence-electron chi connectivity index (χ3n) is 2.97. The van der Waals surface area contributed by atoms with Crippen molar-refractivity contribution in [1.82, 2.24) is 9.97 Å².